The van der Waals surface area contributed by atoms with Crippen LogP contribution in [0.25, 0.3) is 0 Å². The molecule has 0 heterocycles. The summed E-state index contributed by atoms with van der Waals surface area (Å²) in [6.45, 7) is 4.51. The molecule has 0 bridgehead atoms. The SMILES string of the molecule is CCC[NH+](C)CCO.[I-]. The van der Waals surface area contributed by atoms with Crippen molar-refractivity contribution in [1.82, 2.24) is 0 Å². The van der Waals surface area contributed by atoms with Crippen molar-refractivity contribution in [2.24, 2.45) is 0 Å². The molecular formula is C6H16INO. The third-order valence-electron chi connectivity index (χ3n) is 1.22. The van der Waals surface area contributed by atoms with Gasteiger partial charge < -0.3 is 34.0 Å². The molecule has 0 amide bonds. The van der Waals surface area contributed by atoms with E-state index in [2.05, 4.69) is 14.0 Å². The van der Waals surface area contributed by atoms with E-state index in [1.165, 1.54) is 17.9 Å². The van der Waals surface area contributed by atoms with Crippen LogP contribution in [0.2, 0.25) is 0 Å². The molecule has 0 saturated carbocycles. The van der Waals surface area contributed by atoms with Gasteiger partial charge in [-0.15, -0.1) is 0 Å². The van der Waals surface area contributed by atoms with Crippen molar-refractivity contribution in [2.75, 3.05) is 26.7 Å². The summed E-state index contributed by atoms with van der Waals surface area (Å²) in [7, 11) is 2.10. The fourth-order valence-electron chi connectivity index (χ4n) is 0.743. The molecule has 0 fully saturated rings. The first-order chi connectivity index (χ1) is 3.81. The molecule has 2 N–H and O–H groups in total. The van der Waals surface area contributed by atoms with Crippen LogP contribution in [0, 0.1) is 0 Å². The predicted octanol–water partition coefficient (Wildman–Crippen LogP) is -4.09. The summed E-state index contributed by atoms with van der Waals surface area (Å²) >= 11 is 0. The molecule has 1 atom stereocenters. The summed E-state index contributed by atoms with van der Waals surface area (Å²) in [4.78, 5) is 1.41. The van der Waals surface area contributed by atoms with Crippen molar-refractivity contribution in [2.45, 2.75) is 13.3 Å². The topological polar surface area (TPSA) is 24.7 Å². The van der Waals surface area contributed by atoms with E-state index in [9.17, 15) is 0 Å². The molecule has 1 unspecified atom stereocenters. The number of hydrogen-bond acceptors (Lipinski definition) is 1. The van der Waals surface area contributed by atoms with Gasteiger partial charge in [0.25, 0.3) is 0 Å². The minimum Gasteiger partial charge on any atom is -1.00 e. The van der Waals surface area contributed by atoms with E-state index in [1.807, 2.05) is 0 Å². The quantitative estimate of drug-likeness (QED) is 0.484. The second kappa shape index (κ2) is 8.65. The van der Waals surface area contributed by atoms with Gasteiger partial charge in [-0.3, -0.25) is 0 Å². The van der Waals surface area contributed by atoms with Crippen LogP contribution < -0.4 is 28.9 Å². The van der Waals surface area contributed by atoms with Crippen LogP contribution in [0.5, 0.6) is 0 Å². The molecule has 58 valence electrons. The number of aliphatic hydroxyl groups is 1. The smallest absolute Gasteiger partial charge is 0.100 e. The molecule has 0 aliphatic rings. The molecule has 0 aromatic carbocycles. The van der Waals surface area contributed by atoms with Gasteiger partial charge in [0.05, 0.1) is 20.2 Å². The van der Waals surface area contributed by atoms with Crippen LogP contribution in [-0.2, 0) is 0 Å². The van der Waals surface area contributed by atoms with Crippen molar-refractivity contribution in [3.8, 4) is 0 Å². The molecule has 0 radical (unpaired) electrons. The maximum atomic E-state index is 8.44. The first kappa shape index (κ1) is 12.3. The molecule has 3 heteroatoms. The van der Waals surface area contributed by atoms with Crippen LogP contribution in [-0.4, -0.2) is 31.9 Å². The van der Waals surface area contributed by atoms with Crippen molar-refractivity contribution >= 4 is 0 Å². The number of likely N-dealkylation sites (N-methyl/N-ethyl adjacent to an activating group) is 1. The Kier molecular flexibility index (Phi) is 11.9. The largest absolute Gasteiger partial charge is 1.00 e. The van der Waals surface area contributed by atoms with E-state index in [1.54, 1.807) is 0 Å². The Hall–Kier alpha value is 0.650. The van der Waals surface area contributed by atoms with Gasteiger partial charge in [-0.25, -0.2) is 0 Å². The number of halogens is 1. The molecule has 9 heavy (non-hydrogen) atoms. The number of quaternary nitrogens is 1. The van der Waals surface area contributed by atoms with Crippen molar-refractivity contribution in [1.29, 1.82) is 0 Å². The monoisotopic (exact) mass is 245 g/mol. The van der Waals surface area contributed by atoms with E-state index in [0.717, 1.165) is 6.54 Å². The zero-order valence-electron chi connectivity index (χ0n) is 6.15. The lowest BCUT2D eigenvalue weighted by Gasteiger charge is -2.09. The first-order valence-corrected chi connectivity index (χ1v) is 3.23. The normalized spacial score (nSPS) is 12.3. The number of aliphatic hydroxyl groups excluding tert-OH is 1. The third-order valence-corrected chi connectivity index (χ3v) is 1.22. The average Bonchev–Trinajstić information content (AvgIpc) is 1.68. The number of nitrogens with one attached hydrogen (secondary N) is 1. The van der Waals surface area contributed by atoms with E-state index in [-0.39, 0.29) is 24.0 Å². The Morgan fingerprint density at radius 1 is 1.33 bits per heavy atom. The zero-order valence-corrected chi connectivity index (χ0v) is 8.31. The third kappa shape index (κ3) is 8.65. The van der Waals surface area contributed by atoms with E-state index < -0.39 is 0 Å². The lowest BCUT2D eigenvalue weighted by atomic mass is 10.4. The molecule has 0 aromatic rings. The highest BCUT2D eigenvalue weighted by atomic mass is 127. The summed E-state index contributed by atoms with van der Waals surface area (Å²) in [5.41, 5.74) is 0. The number of hydrogen-bond donors (Lipinski definition) is 2. The maximum Gasteiger partial charge on any atom is 0.100 e. The Bertz CT molecular complexity index is 46.3. The van der Waals surface area contributed by atoms with E-state index >= 15 is 0 Å². The van der Waals surface area contributed by atoms with Gasteiger partial charge in [0.1, 0.15) is 6.54 Å². The molecule has 0 aliphatic carbocycles. The molecule has 0 aromatic heterocycles. The second-order valence-electron chi connectivity index (χ2n) is 2.18. The summed E-state index contributed by atoms with van der Waals surface area (Å²) in [6, 6.07) is 0. The highest BCUT2D eigenvalue weighted by Crippen LogP contribution is 1.60. The highest BCUT2D eigenvalue weighted by Gasteiger charge is 1.94. The molecule has 0 spiro atoms. The summed E-state index contributed by atoms with van der Waals surface area (Å²) in [5, 5.41) is 8.44. The second-order valence-corrected chi connectivity index (χ2v) is 2.18. The minimum atomic E-state index is 0. The Labute approximate surface area is 74.3 Å². The number of rotatable bonds is 4. The fourth-order valence-corrected chi connectivity index (χ4v) is 0.743. The highest BCUT2D eigenvalue weighted by molar-refractivity contribution is 4.21. The standard InChI is InChI=1S/C6H15NO.HI/c1-3-4-7(2)5-6-8;/h8H,3-6H2,1-2H3;1H. The van der Waals surface area contributed by atoms with Gasteiger partial charge in [0.2, 0.25) is 0 Å². The van der Waals surface area contributed by atoms with E-state index in [4.69, 9.17) is 5.11 Å². The van der Waals surface area contributed by atoms with E-state index in [0.29, 0.717) is 6.61 Å². The molecular weight excluding hydrogens is 229 g/mol. The van der Waals surface area contributed by atoms with Crippen molar-refractivity contribution < 1.29 is 34.0 Å². The average molecular weight is 245 g/mol. The summed E-state index contributed by atoms with van der Waals surface area (Å²) < 4.78 is 0. The maximum absolute atomic E-state index is 8.44. The molecule has 0 rings (SSSR count). The van der Waals surface area contributed by atoms with Crippen molar-refractivity contribution in [3.63, 3.8) is 0 Å². The van der Waals surface area contributed by atoms with Crippen LogP contribution in [0.15, 0.2) is 0 Å². The van der Waals surface area contributed by atoms with Gasteiger partial charge in [-0.05, 0) is 6.42 Å². The Morgan fingerprint density at radius 2 is 1.89 bits per heavy atom. The van der Waals surface area contributed by atoms with Crippen LogP contribution in [0.3, 0.4) is 0 Å². The summed E-state index contributed by atoms with van der Waals surface area (Å²) in [5.74, 6) is 0. The lowest BCUT2D eigenvalue weighted by molar-refractivity contribution is -0.880. The minimum absolute atomic E-state index is 0. The Balaban J connectivity index is 0. The Morgan fingerprint density at radius 3 is 2.22 bits per heavy atom. The fraction of sp³-hybridized carbons (Fsp3) is 1.00. The van der Waals surface area contributed by atoms with Gasteiger partial charge >= 0.3 is 0 Å². The van der Waals surface area contributed by atoms with Gasteiger partial charge in [0, 0.05) is 0 Å². The summed E-state index contributed by atoms with van der Waals surface area (Å²) in [6.07, 6.45) is 1.20. The zero-order chi connectivity index (χ0) is 6.41. The molecule has 0 aliphatic heterocycles. The van der Waals surface area contributed by atoms with Crippen LogP contribution in [0.1, 0.15) is 13.3 Å². The molecule has 2 nitrogen and oxygen atoms in total. The van der Waals surface area contributed by atoms with Gasteiger partial charge in [-0.1, -0.05) is 6.92 Å². The van der Waals surface area contributed by atoms with Crippen LogP contribution in [0.4, 0.5) is 0 Å². The van der Waals surface area contributed by atoms with Crippen LogP contribution >= 0.6 is 0 Å². The lowest BCUT2D eigenvalue weighted by Crippen LogP contribution is -3.09. The van der Waals surface area contributed by atoms with Gasteiger partial charge in [-0.2, -0.15) is 0 Å². The molecule has 0 saturated heterocycles. The van der Waals surface area contributed by atoms with Gasteiger partial charge in [0.15, 0.2) is 0 Å². The first-order valence-electron chi connectivity index (χ1n) is 3.23. The predicted molar refractivity (Wildman–Crippen MR) is 34.0 cm³/mol. The van der Waals surface area contributed by atoms with Crippen molar-refractivity contribution in [3.05, 3.63) is 0 Å².